The zero-order valence-electron chi connectivity index (χ0n) is 16.4. The van der Waals surface area contributed by atoms with Gasteiger partial charge in [0, 0.05) is 22.6 Å². The Morgan fingerprint density at radius 1 is 1.30 bits per heavy atom. The van der Waals surface area contributed by atoms with Crippen LogP contribution in [0.1, 0.15) is 98.3 Å². The summed E-state index contributed by atoms with van der Waals surface area (Å²) in [5, 5.41) is 0.630. The minimum absolute atomic E-state index is 0.334. The number of ketones is 1. The maximum atomic E-state index is 12.4. The van der Waals surface area contributed by atoms with E-state index in [1.807, 2.05) is 0 Å². The highest BCUT2D eigenvalue weighted by atomic mass is 28.1. The van der Waals surface area contributed by atoms with Crippen molar-refractivity contribution in [1.29, 1.82) is 0 Å². The van der Waals surface area contributed by atoms with Gasteiger partial charge < -0.3 is 0 Å². The Morgan fingerprint density at radius 3 is 2.70 bits per heavy atom. The van der Waals surface area contributed by atoms with Crippen LogP contribution in [0.2, 0.25) is 5.04 Å². The fourth-order valence-corrected chi connectivity index (χ4v) is 6.43. The third-order valence-corrected chi connectivity index (χ3v) is 8.43. The monoisotopic (exact) mass is 336 g/mol. The van der Waals surface area contributed by atoms with E-state index in [1.165, 1.54) is 68.0 Å². The number of rotatable bonds is 8. The predicted molar refractivity (Wildman–Crippen MR) is 104 cm³/mol. The number of hydrogen-bond acceptors (Lipinski definition) is 1. The van der Waals surface area contributed by atoms with Crippen molar-refractivity contribution in [3.63, 3.8) is 0 Å². The van der Waals surface area contributed by atoms with E-state index in [9.17, 15) is 4.79 Å². The van der Waals surface area contributed by atoms with Crippen molar-refractivity contribution in [1.82, 2.24) is 0 Å². The largest absolute Gasteiger partial charge is 0.299 e. The third kappa shape index (κ3) is 4.30. The second-order valence-electron chi connectivity index (χ2n) is 9.54. The van der Waals surface area contributed by atoms with Crippen LogP contribution in [0.15, 0.2) is 0 Å². The third-order valence-electron chi connectivity index (χ3n) is 7.43. The van der Waals surface area contributed by atoms with Crippen LogP contribution in [-0.2, 0) is 4.79 Å². The lowest BCUT2D eigenvalue weighted by Crippen LogP contribution is -2.39. The molecule has 0 aromatic carbocycles. The summed E-state index contributed by atoms with van der Waals surface area (Å²) >= 11 is 0. The molecule has 2 fully saturated rings. The van der Waals surface area contributed by atoms with Crippen LogP contribution >= 0.6 is 0 Å². The first-order valence-corrected chi connectivity index (χ1v) is 11.4. The Balaban J connectivity index is 1.99. The van der Waals surface area contributed by atoms with E-state index in [0.29, 0.717) is 22.2 Å². The fourth-order valence-electron chi connectivity index (χ4n) is 5.79. The molecule has 2 aliphatic rings. The summed E-state index contributed by atoms with van der Waals surface area (Å²) in [6.07, 6.45) is 14.1. The average Bonchev–Trinajstić information content (AvgIpc) is 2.85. The molecular formula is C21H40OSi. The highest BCUT2D eigenvalue weighted by molar-refractivity contribution is 6.14. The van der Waals surface area contributed by atoms with Gasteiger partial charge in [0.2, 0.25) is 0 Å². The Kier molecular flexibility index (Phi) is 6.55. The molecule has 0 radical (unpaired) electrons. The van der Waals surface area contributed by atoms with Crippen LogP contribution in [0.5, 0.6) is 0 Å². The molecule has 0 spiro atoms. The van der Waals surface area contributed by atoms with Crippen molar-refractivity contribution in [3.05, 3.63) is 0 Å². The molecule has 23 heavy (non-hydrogen) atoms. The van der Waals surface area contributed by atoms with E-state index >= 15 is 0 Å². The Bertz CT molecular complexity index is 403. The second kappa shape index (κ2) is 7.85. The summed E-state index contributed by atoms with van der Waals surface area (Å²) in [6.45, 7) is 9.69. The molecule has 2 rings (SSSR count). The Morgan fingerprint density at radius 2 is 2.04 bits per heavy atom. The van der Waals surface area contributed by atoms with Crippen molar-refractivity contribution in [2.45, 2.75) is 103 Å². The molecule has 0 saturated heterocycles. The van der Waals surface area contributed by atoms with Crippen LogP contribution in [0.25, 0.3) is 0 Å². The number of unbranched alkanes of at least 4 members (excludes halogenated alkanes) is 1. The first kappa shape index (κ1) is 19.2. The Hall–Kier alpha value is -0.113. The topological polar surface area (TPSA) is 17.1 Å². The minimum atomic E-state index is 0.334. The van der Waals surface area contributed by atoms with E-state index < -0.39 is 0 Å². The van der Waals surface area contributed by atoms with Gasteiger partial charge >= 0.3 is 0 Å². The highest BCUT2D eigenvalue weighted by Crippen LogP contribution is 2.58. The molecule has 2 unspecified atom stereocenters. The van der Waals surface area contributed by atoms with Gasteiger partial charge in [-0.25, -0.2) is 0 Å². The quantitative estimate of drug-likeness (QED) is 0.549. The van der Waals surface area contributed by atoms with Crippen LogP contribution in [0, 0.1) is 23.2 Å². The van der Waals surface area contributed by atoms with Crippen LogP contribution in [-0.4, -0.2) is 16.0 Å². The second-order valence-corrected chi connectivity index (χ2v) is 12.0. The van der Waals surface area contributed by atoms with Gasteiger partial charge in [-0.1, -0.05) is 59.8 Å². The van der Waals surface area contributed by atoms with Gasteiger partial charge in [-0.15, -0.1) is 0 Å². The summed E-state index contributed by atoms with van der Waals surface area (Å²) in [7, 11) is 1.32. The number of carbonyl (C=O) groups is 1. The average molecular weight is 337 g/mol. The number of carbonyl (C=O) groups excluding carboxylic acids is 1. The molecule has 0 aromatic heterocycles. The lowest BCUT2D eigenvalue weighted by molar-refractivity contribution is -0.130. The summed E-state index contributed by atoms with van der Waals surface area (Å²) in [5.41, 5.74) is 0.334. The van der Waals surface area contributed by atoms with Gasteiger partial charge in [-0.3, -0.25) is 4.79 Å². The molecule has 0 aromatic rings. The molecule has 0 bridgehead atoms. The van der Waals surface area contributed by atoms with Gasteiger partial charge in [0.1, 0.15) is 5.78 Å². The predicted octanol–water partition coefficient (Wildman–Crippen LogP) is 5.31. The van der Waals surface area contributed by atoms with Crippen molar-refractivity contribution in [3.8, 4) is 0 Å². The molecule has 2 saturated carbocycles. The summed E-state index contributed by atoms with van der Waals surface area (Å²) < 4.78 is 0. The van der Waals surface area contributed by atoms with Crippen molar-refractivity contribution in [2.24, 2.45) is 23.2 Å². The first-order valence-electron chi connectivity index (χ1n) is 10.4. The molecule has 0 amide bonds. The maximum Gasteiger partial charge on any atom is 0.136 e. The van der Waals surface area contributed by atoms with E-state index in [0.717, 1.165) is 24.7 Å². The van der Waals surface area contributed by atoms with E-state index in [4.69, 9.17) is 0 Å². The number of fused-ring (bicyclic) bond motifs is 1. The number of Topliss-reactive ketones (excluding diaryl/α,β-unsaturated/α-hetero) is 1. The van der Waals surface area contributed by atoms with E-state index in [-0.39, 0.29) is 0 Å². The molecule has 0 heterocycles. The summed E-state index contributed by atoms with van der Waals surface area (Å²) in [6, 6.07) is 0. The fraction of sp³-hybridized carbons (Fsp3) is 0.952. The molecule has 1 nitrogen and oxygen atoms in total. The minimum Gasteiger partial charge on any atom is -0.299 e. The Labute approximate surface area is 147 Å². The maximum absolute atomic E-state index is 12.4. The highest BCUT2D eigenvalue weighted by Gasteiger charge is 2.52. The van der Waals surface area contributed by atoms with Crippen LogP contribution in [0.4, 0.5) is 0 Å². The summed E-state index contributed by atoms with van der Waals surface area (Å²) in [5.74, 6) is 2.65. The van der Waals surface area contributed by atoms with Crippen molar-refractivity contribution in [2.75, 3.05) is 0 Å². The molecule has 2 heteroatoms. The van der Waals surface area contributed by atoms with Gasteiger partial charge in [-0.05, 0) is 54.4 Å². The van der Waals surface area contributed by atoms with Crippen LogP contribution < -0.4 is 0 Å². The van der Waals surface area contributed by atoms with Gasteiger partial charge in [-0.2, -0.15) is 0 Å². The standard InChI is InChI=1S/C21H40OSi/c1-5-7-13-20(3,23)15-12-16(6-2)17-10-11-18-19(22)9-8-14-21(17,18)4/h16-18H,5-15H2,1-4,23H3/t16?,17-,18+,20?,21-/m1/s1. The lowest BCUT2D eigenvalue weighted by atomic mass is 9.61. The molecule has 134 valence electrons. The normalized spacial score (nSPS) is 35.0. The van der Waals surface area contributed by atoms with Gasteiger partial charge in [0.05, 0.1) is 0 Å². The lowest BCUT2D eigenvalue weighted by Gasteiger charge is -2.43. The van der Waals surface area contributed by atoms with Crippen molar-refractivity contribution >= 4 is 16.0 Å². The van der Waals surface area contributed by atoms with Crippen molar-refractivity contribution < 1.29 is 4.79 Å². The zero-order chi connectivity index (χ0) is 17.1. The van der Waals surface area contributed by atoms with Gasteiger partial charge in [0.15, 0.2) is 0 Å². The number of hydrogen-bond donors (Lipinski definition) is 0. The summed E-state index contributed by atoms with van der Waals surface area (Å²) in [4.78, 5) is 12.4. The van der Waals surface area contributed by atoms with E-state index in [1.54, 1.807) is 0 Å². The van der Waals surface area contributed by atoms with Gasteiger partial charge in [0.25, 0.3) is 0 Å². The SMILES string of the molecule is CCCCC(C)([SiH3])CCC(CC)[C@H]1CC[C@H]2C(=O)CCC[C@]12C. The molecule has 2 aliphatic carbocycles. The molecular weight excluding hydrogens is 296 g/mol. The molecule has 0 aliphatic heterocycles. The first-order chi connectivity index (χ1) is 10.8. The smallest absolute Gasteiger partial charge is 0.136 e. The van der Waals surface area contributed by atoms with Crippen LogP contribution in [0.3, 0.4) is 0 Å². The van der Waals surface area contributed by atoms with E-state index in [2.05, 4.69) is 27.7 Å². The molecule has 5 atom stereocenters. The molecule has 0 N–H and O–H groups in total. The zero-order valence-corrected chi connectivity index (χ0v) is 18.4.